The Hall–Kier alpha value is -1.34. The Morgan fingerprint density at radius 2 is 1.62 bits per heavy atom. The average molecular weight is 477 g/mol. The molecule has 2 aromatic rings. The van der Waals surface area contributed by atoms with Crippen LogP contribution in [0, 0.1) is 0 Å². The number of carbonyl (C=O) groups excluding carboxylic acids is 1. The van der Waals surface area contributed by atoms with E-state index in [-0.39, 0.29) is 5.91 Å². The predicted octanol–water partition coefficient (Wildman–Crippen LogP) is 5.71. The summed E-state index contributed by atoms with van der Waals surface area (Å²) >= 11 is 5.07. The third-order valence-electron chi connectivity index (χ3n) is 5.99. The Kier molecular flexibility index (Phi) is 7.29. The Balaban J connectivity index is 1.54. The molecule has 0 unspecified atom stereocenters. The largest absolute Gasteiger partial charge is 0.342 e. The lowest BCUT2D eigenvalue weighted by atomic mass is 9.95. The molecule has 7 heteroatoms. The van der Waals surface area contributed by atoms with Gasteiger partial charge in [0.25, 0.3) is 0 Å². The van der Waals surface area contributed by atoms with E-state index < -0.39 is 0 Å². The van der Waals surface area contributed by atoms with Gasteiger partial charge in [-0.1, -0.05) is 71.9 Å². The summed E-state index contributed by atoms with van der Waals surface area (Å²) in [5.41, 5.74) is 1.08. The number of aromatic nitrogens is 3. The summed E-state index contributed by atoms with van der Waals surface area (Å²) in [7, 11) is 0. The lowest BCUT2D eigenvalue weighted by molar-refractivity contribution is -0.128. The highest BCUT2D eigenvalue weighted by Crippen LogP contribution is 2.36. The summed E-state index contributed by atoms with van der Waals surface area (Å²) in [4.78, 5) is 14.8. The normalized spacial score (nSPS) is 18.6. The molecule has 1 amide bonds. The van der Waals surface area contributed by atoms with Crippen molar-refractivity contribution in [3.8, 4) is 11.4 Å². The number of hydrogen-bond acceptors (Lipinski definition) is 4. The lowest BCUT2D eigenvalue weighted by Gasteiger charge is -2.26. The van der Waals surface area contributed by atoms with Crippen molar-refractivity contribution in [2.24, 2.45) is 0 Å². The van der Waals surface area contributed by atoms with Crippen molar-refractivity contribution in [3.63, 3.8) is 0 Å². The third kappa shape index (κ3) is 5.23. The molecule has 2 heterocycles. The molecule has 0 radical (unpaired) electrons. The van der Waals surface area contributed by atoms with E-state index in [0.29, 0.717) is 11.8 Å². The minimum absolute atomic E-state index is 0.236. The van der Waals surface area contributed by atoms with E-state index in [4.69, 9.17) is 0 Å². The van der Waals surface area contributed by atoms with E-state index >= 15 is 0 Å². The highest BCUT2D eigenvalue weighted by molar-refractivity contribution is 9.10. The predicted molar refractivity (Wildman–Crippen MR) is 121 cm³/mol. The summed E-state index contributed by atoms with van der Waals surface area (Å²) in [6.45, 7) is 1.80. The number of carbonyl (C=O) groups is 1. The molecule has 1 aromatic heterocycles. The van der Waals surface area contributed by atoms with Gasteiger partial charge < -0.3 is 4.90 Å². The van der Waals surface area contributed by atoms with Crippen LogP contribution >= 0.6 is 27.7 Å². The third-order valence-corrected chi connectivity index (χ3v) is 7.45. The Morgan fingerprint density at radius 1 is 0.966 bits per heavy atom. The van der Waals surface area contributed by atoms with Gasteiger partial charge in [0.2, 0.25) is 5.91 Å². The van der Waals surface area contributed by atoms with Gasteiger partial charge in [-0.25, -0.2) is 0 Å². The molecule has 1 saturated heterocycles. The molecule has 0 spiro atoms. The van der Waals surface area contributed by atoms with Gasteiger partial charge >= 0.3 is 0 Å². The van der Waals surface area contributed by atoms with E-state index in [1.807, 2.05) is 17.0 Å². The highest BCUT2D eigenvalue weighted by atomic mass is 79.9. The second-order valence-electron chi connectivity index (χ2n) is 8.06. The van der Waals surface area contributed by atoms with Gasteiger partial charge in [-0.15, -0.1) is 10.2 Å². The molecule has 29 heavy (non-hydrogen) atoms. The molecule has 1 aliphatic heterocycles. The van der Waals surface area contributed by atoms with Gasteiger partial charge in [0.1, 0.15) is 0 Å². The number of thioether (sulfide) groups is 1. The van der Waals surface area contributed by atoms with Gasteiger partial charge in [0, 0.05) is 29.2 Å². The van der Waals surface area contributed by atoms with Crippen LogP contribution in [0.2, 0.25) is 0 Å². The number of rotatable bonds is 5. The highest BCUT2D eigenvalue weighted by Gasteiger charge is 2.25. The number of hydrogen-bond donors (Lipinski definition) is 0. The topological polar surface area (TPSA) is 51.0 Å². The summed E-state index contributed by atoms with van der Waals surface area (Å²) in [6, 6.07) is 8.69. The van der Waals surface area contributed by atoms with Gasteiger partial charge in [-0.05, 0) is 37.8 Å². The van der Waals surface area contributed by atoms with Crippen molar-refractivity contribution < 1.29 is 4.79 Å². The standard InChI is InChI=1S/C22H29BrN4OS/c23-18-12-10-17(11-13-18)21-24-25-22(27(21)19-8-4-3-5-9-19)29-16-20(28)26-14-6-1-2-7-15-26/h10-13,19H,1-9,14-16H2. The van der Waals surface area contributed by atoms with Crippen LogP contribution < -0.4 is 0 Å². The molecule has 4 rings (SSSR count). The van der Waals surface area contributed by atoms with Crippen LogP contribution in [0.3, 0.4) is 0 Å². The van der Waals surface area contributed by atoms with Crippen molar-refractivity contribution in [2.45, 2.75) is 69.0 Å². The van der Waals surface area contributed by atoms with Gasteiger partial charge in [-0.3, -0.25) is 9.36 Å². The average Bonchev–Trinajstić information content (AvgIpc) is 2.98. The Labute approximate surface area is 185 Å². The summed E-state index contributed by atoms with van der Waals surface area (Å²) < 4.78 is 3.37. The van der Waals surface area contributed by atoms with Crippen molar-refractivity contribution in [3.05, 3.63) is 28.7 Å². The summed E-state index contributed by atoms with van der Waals surface area (Å²) in [6.07, 6.45) is 10.9. The van der Waals surface area contributed by atoms with E-state index in [2.05, 4.69) is 42.8 Å². The van der Waals surface area contributed by atoms with Gasteiger partial charge in [0.15, 0.2) is 11.0 Å². The minimum atomic E-state index is 0.236. The zero-order valence-corrected chi connectivity index (χ0v) is 19.3. The second-order valence-corrected chi connectivity index (χ2v) is 9.92. The van der Waals surface area contributed by atoms with Crippen molar-refractivity contribution in [1.82, 2.24) is 19.7 Å². The van der Waals surface area contributed by atoms with Crippen molar-refractivity contribution in [2.75, 3.05) is 18.8 Å². The minimum Gasteiger partial charge on any atom is -0.342 e. The first-order valence-corrected chi connectivity index (χ1v) is 12.6. The molecule has 1 saturated carbocycles. The maximum atomic E-state index is 12.8. The van der Waals surface area contributed by atoms with E-state index in [9.17, 15) is 4.79 Å². The molecule has 2 aliphatic rings. The first kappa shape index (κ1) is 20.9. The first-order valence-electron chi connectivity index (χ1n) is 10.8. The number of benzene rings is 1. The second kappa shape index (κ2) is 10.1. The van der Waals surface area contributed by atoms with Crippen LogP contribution in [0.15, 0.2) is 33.9 Å². The zero-order valence-electron chi connectivity index (χ0n) is 16.9. The van der Waals surface area contributed by atoms with Crippen molar-refractivity contribution in [1.29, 1.82) is 0 Å². The first-order chi connectivity index (χ1) is 14.2. The molecule has 1 aromatic carbocycles. The number of halogens is 1. The molecular weight excluding hydrogens is 448 g/mol. The molecule has 0 N–H and O–H groups in total. The Morgan fingerprint density at radius 3 is 2.31 bits per heavy atom. The fourth-order valence-electron chi connectivity index (χ4n) is 4.38. The molecular formula is C22H29BrN4OS. The van der Waals surface area contributed by atoms with Crippen LogP contribution in [-0.2, 0) is 4.79 Å². The van der Waals surface area contributed by atoms with Crippen molar-refractivity contribution >= 4 is 33.6 Å². The quantitative estimate of drug-likeness (QED) is 0.518. The van der Waals surface area contributed by atoms with Crippen LogP contribution in [0.1, 0.15) is 63.8 Å². The molecule has 5 nitrogen and oxygen atoms in total. The molecule has 2 fully saturated rings. The van der Waals surface area contributed by atoms with Gasteiger partial charge in [-0.2, -0.15) is 0 Å². The van der Waals surface area contributed by atoms with Crippen LogP contribution in [0.4, 0.5) is 0 Å². The van der Waals surface area contributed by atoms with E-state index in [1.54, 1.807) is 11.8 Å². The fraction of sp³-hybridized carbons (Fsp3) is 0.591. The monoisotopic (exact) mass is 476 g/mol. The smallest absolute Gasteiger partial charge is 0.233 e. The lowest BCUT2D eigenvalue weighted by Crippen LogP contribution is -2.33. The summed E-state index contributed by atoms with van der Waals surface area (Å²) in [5.74, 6) is 1.61. The number of amides is 1. The van der Waals surface area contributed by atoms with E-state index in [0.717, 1.165) is 59.8 Å². The van der Waals surface area contributed by atoms with Crippen LogP contribution in [-0.4, -0.2) is 44.4 Å². The van der Waals surface area contributed by atoms with Gasteiger partial charge in [0.05, 0.1) is 5.75 Å². The Bertz CT molecular complexity index is 809. The maximum Gasteiger partial charge on any atom is 0.233 e. The molecule has 1 aliphatic carbocycles. The van der Waals surface area contributed by atoms with Crippen LogP contribution in [0.5, 0.6) is 0 Å². The number of nitrogens with zero attached hydrogens (tertiary/aromatic N) is 4. The molecule has 156 valence electrons. The molecule has 0 bridgehead atoms. The maximum absolute atomic E-state index is 12.8. The molecule has 0 atom stereocenters. The zero-order chi connectivity index (χ0) is 20.1. The van der Waals surface area contributed by atoms with Crippen LogP contribution in [0.25, 0.3) is 11.4 Å². The van der Waals surface area contributed by atoms with E-state index in [1.165, 1.54) is 32.1 Å². The SMILES string of the molecule is O=C(CSc1nnc(-c2ccc(Br)cc2)n1C1CCCCC1)N1CCCCCC1. The number of likely N-dealkylation sites (tertiary alicyclic amines) is 1. The summed E-state index contributed by atoms with van der Waals surface area (Å²) in [5, 5.41) is 9.95. The fourth-order valence-corrected chi connectivity index (χ4v) is 5.55.